The van der Waals surface area contributed by atoms with Crippen LogP contribution in [0, 0.1) is 31.3 Å². The summed E-state index contributed by atoms with van der Waals surface area (Å²) < 4.78 is 45.4. The van der Waals surface area contributed by atoms with Crippen LogP contribution in [0.25, 0.3) is 16.9 Å². The summed E-state index contributed by atoms with van der Waals surface area (Å²) in [6.45, 7) is 4.96. The monoisotopic (exact) mass is 527 g/mol. The average molecular weight is 528 g/mol. The van der Waals surface area contributed by atoms with E-state index in [-0.39, 0.29) is 27.8 Å². The quantitative estimate of drug-likeness (QED) is 0.331. The van der Waals surface area contributed by atoms with Gasteiger partial charge in [-0.2, -0.15) is 0 Å². The third-order valence-corrected chi connectivity index (χ3v) is 6.46. The predicted octanol–water partition coefficient (Wildman–Crippen LogP) is 6.03. The molecule has 0 aliphatic carbocycles. The first kappa shape index (κ1) is 26.1. The normalized spacial score (nSPS) is 12.0. The molecule has 0 bridgehead atoms. The SMILES string of the molecule is Cc1cnc(-c2cccc(C(=O)O)c2F)c(F)c1-n1c(C)cc([C@H](C)Cc2cncc(F)c2)c(Cl)c1=O. The second kappa shape index (κ2) is 10.2. The summed E-state index contributed by atoms with van der Waals surface area (Å²) in [4.78, 5) is 32.6. The third-order valence-electron chi connectivity index (χ3n) is 6.08. The van der Waals surface area contributed by atoms with Crippen LogP contribution in [-0.2, 0) is 6.42 Å². The minimum atomic E-state index is -1.51. The van der Waals surface area contributed by atoms with Crippen molar-refractivity contribution in [3.63, 3.8) is 0 Å². The number of carboxylic acids is 1. The first-order chi connectivity index (χ1) is 17.5. The highest BCUT2D eigenvalue weighted by molar-refractivity contribution is 6.31. The molecule has 3 aromatic heterocycles. The summed E-state index contributed by atoms with van der Waals surface area (Å²) >= 11 is 6.47. The molecule has 0 fully saturated rings. The van der Waals surface area contributed by atoms with Gasteiger partial charge in [-0.3, -0.25) is 19.3 Å². The molecular formula is C27H21ClF3N3O3. The lowest BCUT2D eigenvalue weighted by Gasteiger charge is -2.20. The van der Waals surface area contributed by atoms with Crippen molar-refractivity contribution in [2.24, 2.45) is 0 Å². The summed E-state index contributed by atoms with van der Waals surface area (Å²) in [7, 11) is 0. The van der Waals surface area contributed by atoms with Gasteiger partial charge in [0.05, 0.1) is 17.4 Å². The molecule has 4 rings (SSSR count). The lowest BCUT2D eigenvalue weighted by atomic mass is 9.94. The van der Waals surface area contributed by atoms with E-state index in [4.69, 9.17) is 11.6 Å². The molecule has 0 radical (unpaired) electrons. The maximum Gasteiger partial charge on any atom is 0.338 e. The van der Waals surface area contributed by atoms with Gasteiger partial charge in [-0.15, -0.1) is 0 Å². The number of carboxylic acid groups (broad SMARTS) is 1. The standard InChI is InChI=1S/C27H21ClF3N3O3/c1-13(7-16-9-17(29)12-32-11-16)20-8-15(3)34(26(35)21(20)28)25-14(2)10-33-24(23(25)31)18-5-4-6-19(22(18)30)27(36)37/h4-6,8-13H,7H2,1-3H3,(H,36,37)/t13-/m1/s1. The van der Waals surface area contributed by atoms with Crippen LogP contribution >= 0.6 is 11.6 Å². The third kappa shape index (κ3) is 4.86. The van der Waals surface area contributed by atoms with E-state index in [2.05, 4.69) is 9.97 Å². The lowest BCUT2D eigenvalue weighted by molar-refractivity contribution is 0.0692. The van der Waals surface area contributed by atoms with E-state index in [1.807, 2.05) is 6.92 Å². The molecule has 10 heteroatoms. The summed E-state index contributed by atoms with van der Waals surface area (Å²) in [5.41, 5.74) is -0.554. The van der Waals surface area contributed by atoms with Gasteiger partial charge in [-0.05, 0) is 67.1 Å². The number of rotatable bonds is 6. The molecule has 0 unspecified atom stereocenters. The van der Waals surface area contributed by atoms with Crippen LogP contribution < -0.4 is 5.56 Å². The van der Waals surface area contributed by atoms with Gasteiger partial charge in [0.2, 0.25) is 0 Å². The van der Waals surface area contributed by atoms with Crippen molar-refractivity contribution in [1.82, 2.24) is 14.5 Å². The summed E-state index contributed by atoms with van der Waals surface area (Å²) in [5, 5.41) is 9.09. The van der Waals surface area contributed by atoms with Gasteiger partial charge in [0.1, 0.15) is 22.4 Å². The molecular weight excluding hydrogens is 507 g/mol. The van der Waals surface area contributed by atoms with Gasteiger partial charge in [0.15, 0.2) is 5.82 Å². The fourth-order valence-electron chi connectivity index (χ4n) is 4.31. The maximum atomic E-state index is 15.9. The van der Waals surface area contributed by atoms with Crippen molar-refractivity contribution < 1.29 is 23.1 Å². The average Bonchev–Trinajstić information content (AvgIpc) is 2.83. The van der Waals surface area contributed by atoms with E-state index in [0.29, 0.717) is 23.2 Å². The number of hydrogen-bond acceptors (Lipinski definition) is 4. The molecule has 0 amide bonds. The summed E-state index contributed by atoms with van der Waals surface area (Å²) in [6.07, 6.45) is 4.25. The van der Waals surface area contributed by atoms with Crippen molar-refractivity contribution in [3.05, 3.63) is 110 Å². The van der Waals surface area contributed by atoms with E-state index in [1.165, 1.54) is 37.5 Å². The highest BCUT2D eigenvalue weighted by Crippen LogP contribution is 2.32. The van der Waals surface area contributed by atoms with Crippen LogP contribution in [0.1, 0.15) is 45.6 Å². The zero-order valence-corrected chi connectivity index (χ0v) is 20.8. The Bertz CT molecular complexity index is 1600. The minimum Gasteiger partial charge on any atom is -0.478 e. The van der Waals surface area contributed by atoms with Crippen LogP contribution in [0.15, 0.2) is 53.7 Å². The summed E-state index contributed by atoms with van der Waals surface area (Å²) in [6, 6.07) is 6.54. The van der Waals surface area contributed by atoms with Crippen molar-refractivity contribution >= 4 is 17.6 Å². The second-order valence-electron chi connectivity index (χ2n) is 8.74. The Morgan fingerprint density at radius 3 is 2.51 bits per heavy atom. The fraction of sp³-hybridized carbons (Fsp3) is 0.185. The van der Waals surface area contributed by atoms with Gasteiger partial charge >= 0.3 is 5.97 Å². The molecule has 37 heavy (non-hydrogen) atoms. The topological polar surface area (TPSA) is 85.1 Å². The smallest absolute Gasteiger partial charge is 0.338 e. The molecule has 0 spiro atoms. The zero-order chi connectivity index (χ0) is 27.0. The number of carbonyl (C=O) groups is 1. The Balaban J connectivity index is 1.84. The molecule has 190 valence electrons. The Kier molecular flexibility index (Phi) is 7.18. The van der Waals surface area contributed by atoms with Crippen molar-refractivity contribution in [1.29, 1.82) is 0 Å². The van der Waals surface area contributed by atoms with Gasteiger partial charge in [-0.1, -0.05) is 24.6 Å². The van der Waals surface area contributed by atoms with Crippen LogP contribution in [-0.4, -0.2) is 25.6 Å². The van der Waals surface area contributed by atoms with E-state index in [0.717, 1.165) is 16.8 Å². The highest BCUT2D eigenvalue weighted by Gasteiger charge is 2.25. The van der Waals surface area contributed by atoms with E-state index in [1.54, 1.807) is 13.0 Å². The number of pyridine rings is 3. The summed E-state index contributed by atoms with van der Waals surface area (Å²) in [5.74, 6) is -4.43. The lowest BCUT2D eigenvalue weighted by Crippen LogP contribution is -2.25. The molecule has 1 N–H and O–H groups in total. The van der Waals surface area contributed by atoms with Crippen LogP contribution in [0.3, 0.4) is 0 Å². The largest absolute Gasteiger partial charge is 0.478 e. The Morgan fingerprint density at radius 1 is 1.11 bits per heavy atom. The number of halogens is 4. The molecule has 0 aliphatic rings. The van der Waals surface area contributed by atoms with Crippen LogP contribution in [0.5, 0.6) is 0 Å². The van der Waals surface area contributed by atoms with Crippen molar-refractivity contribution in [3.8, 4) is 16.9 Å². The number of hydrogen-bond donors (Lipinski definition) is 1. The van der Waals surface area contributed by atoms with Crippen LogP contribution in [0.4, 0.5) is 13.2 Å². The predicted molar refractivity (Wildman–Crippen MR) is 133 cm³/mol. The number of aromatic nitrogens is 3. The molecule has 1 aromatic carbocycles. The molecule has 0 aliphatic heterocycles. The molecule has 1 atom stereocenters. The Hall–Kier alpha value is -3.98. The van der Waals surface area contributed by atoms with Gasteiger partial charge < -0.3 is 5.11 Å². The molecule has 0 saturated heterocycles. The van der Waals surface area contributed by atoms with Crippen molar-refractivity contribution in [2.75, 3.05) is 0 Å². The van der Waals surface area contributed by atoms with E-state index in [9.17, 15) is 23.5 Å². The van der Waals surface area contributed by atoms with Gasteiger partial charge in [-0.25, -0.2) is 18.0 Å². The van der Waals surface area contributed by atoms with Gasteiger partial charge in [0, 0.05) is 23.7 Å². The molecule has 3 heterocycles. The van der Waals surface area contributed by atoms with Crippen LogP contribution in [0.2, 0.25) is 5.02 Å². The number of aromatic carboxylic acids is 1. The fourth-order valence-corrected chi connectivity index (χ4v) is 4.63. The maximum absolute atomic E-state index is 15.9. The minimum absolute atomic E-state index is 0.140. The number of nitrogens with zero attached hydrogens (tertiary/aromatic N) is 3. The first-order valence-electron chi connectivity index (χ1n) is 11.2. The molecule has 4 aromatic rings. The second-order valence-corrected chi connectivity index (χ2v) is 9.11. The van der Waals surface area contributed by atoms with E-state index >= 15 is 4.39 Å². The Labute approximate surface area is 215 Å². The van der Waals surface area contributed by atoms with E-state index < -0.39 is 40.2 Å². The number of benzene rings is 1. The van der Waals surface area contributed by atoms with Crippen molar-refractivity contribution in [2.45, 2.75) is 33.1 Å². The molecule has 0 saturated carbocycles. The Morgan fingerprint density at radius 2 is 1.84 bits per heavy atom. The van der Waals surface area contributed by atoms with Gasteiger partial charge in [0.25, 0.3) is 5.56 Å². The molecule has 6 nitrogen and oxygen atoms in total. The number of aryl methyl sites for hydroxylation is 2. The highest BCUT2D eigenvalue weighted by atomic mass is 35.5. The first-order valence-corrected chi connectivity index (χ1v) is 11.6. The zero-order valence-electron chi connectivity index (χ0n) is 20.0.